The Morgan fingerprint density at radius 1 is 0.800 bits per heavy atom. The molecule has 1 aromatic heterocycles. The lowest BCUT2D eigenvalue weighted by Crippen LogP contribution is -2.22. The number of hydrogen-bond acceptors (Lipinski definition) is 6. The number of para-hydroxylation sites is 2. The van der Waals surface area contributed by atoms with Gasteiger partial charge in [0.25, 0.3) is 5.56 Å². The molecule has 35 heavy (non-hydrogen) atoms. The maximum absolute atomic E-state index is 13.2. The molecule has 0 aliphatic carbocycles. The number of fused-ring (bicyclic) bond motifs is 1. The number of hydrogen-bond donors (Lipinski definition) is 1. The molecular formula is C28H22N4O3. The van der Waals surface area contributed by atoms with Crippen molar-refractivity contribution in [2.75, 3.05) is 12.5 Å². The van der Waals surface area contributed by atoms with E-state index < -0.39 is 0 Å². The summed E-state index contributed by atoms with van der Waals surface area (Å²) in [5, 5.41) is 4.87. The molecule has 5 rings (SSSR count). The van der Waals surface area contributed by atoms with Crippen LogP contribution in [0, 0.1) is 0 Å². The molecule has 0 saturated carbocycles. The van der Waals surface area contributed by atoms with Crippen LogP contribution in [0.5, 0.6) is 17.2 Å². The van der Waals surface area contributed by atoms with E-state index in [9.17, 15) is 4.79 Å². The first-order chi connectivity index (χ1) is 17.2. The van der Waals surface area contributed by atoms with Gasteiger partial charge < -0.3 is 9.47 Å². The van der Waals surface area contributed by atoms with Gasteiger partial charge in [-0.25, -0.2) is 15.0 Å². The molecule has 7 nitrogen and oxygen atoms in total. The molecule has 0 amide bonds. The topological polar surface area (TPSA) is 77.7 Å². The highest BCUT2D eigenvalue weighted by atomic mass is 16.5. The molecule has 0 aliphatic heterocycles. The van der Waals surface area contributed by atoms with Crippen LogP contribution in [0.2, 0.25) is 0 Å². The fourth-order valence-electron chi connectivity index (χ4n) is 3.59. The maximum atomic E-state index is 13.2. The number of nitrogens with one attached hydrogen (secondary N) is 1. The van der Waals surface area contributed by atoms with Crippen molar-refractivity contribution in [1.82, 2.24) is 9.55 Å². The molecule has 7 heteroatoms. The molecule has 0 bridgehead atoms. The first-order valence-corrected chi connectivity index (χ1v) is 11.0. The minimum Gasteiger partial charge on any atom is -0.497 e. The van der Waals surface area contributed by atoms with E-state index in [1.165, 1.54) is 4.57 Å². The Hall–Kier alpha value is -4.91. The summed E-state index contributed by atoms with van der Waals surface area (Å²) < 4.78 is 12.5. The van der Waals surface area contributed by atoms with Crippen molar-refractivity contribution >= 4 is 23.1 Å². The third kappa shape index (κ3) is 4.89. The van der Waals surface area contributed by atoms with E-state index >= 15 is 0 Å². The van der Waals surface area contributed by atoms with Gasteiger partial charge in [-0.05, 0) is 78.4 Å². The second-order valence-electron chi connectivity index (χ2n) is 7.65. The third-order valence-corrected chi connectivity index (χ3v) is 5.34. The monoisotopic (exact) mass is 462 g/mol. The van der Waals surface area contributed by atoms with Crippen LogP contribution < -0.4 is 20.5 Å². The van der Waals surface area contributed by atoms with E-state index in [-0.39, 0.29) is 5.56 Å². The maximum Gasteiger partial charge on any atom is 0.267 e. The number of nitrogens with zero attached hydrogens (tertiary/aromatic N) is 3. The molecule has 172 valence electrons. The Balaban J connectivity index is 1.36. The highest BCUT2D eigenvalue weighted by molar-refractivity contribution is 5.81. The summed E-state index contributed by atoms with van der Waals surface area (Å²) in [6, 6.07) is 31.5. The lowest BCUT2D eigenvalue weighted by molar-refractivity contribution is 0.413. The lowest BCUT2D eigenvalue weighted by Gasteiger charge is -2.12. The van der Waals surface area contributed by atoms with E-state index in [1.807, 2.05) is 97.1 Å². The van der Waals surface area contributed by atoms with Gasteiger partial charge >= 0.3 is 0 Å². The summed E-state index contributed by atoms with van der Waals surface area (Å²) >= 11 is 0. The molecule has 0 radical (unpaired) electrons. The molecule has 1 N–H and O–H groups in total. The predicted octanol–water partition coefficient (Wildman–Crippen LogP) is 5.63. The van der Waals surface area contributed by atoms with Gasteiger partial charge in [-0.1, -0.05) is 30.3 Å². The van der Waals surface area contributed by atoms with Crippen LogP contribution in [0.25, 0.3) is 16.6 Å². The molecular weight excluding hydrogens is 440 g/mol. The van der Waals surface area contributed by atoms with Gasteiger partial charge in [0.05, 0.1) is 29.9 Å². The third-order valence-electron chi connectivity index (χ3n) is 5.34. The van der Waals surface area contributed by atoms with E-state index in [0.717, 1.165) is 17.1 Å². The molecule has 0 aliphatic rings. The number of rotatable bonds is 7. The average molecular weight is 463 g/mol. The normalized spacial score (nSPS) is 11.0. The Morgan fingerprint density at radius 3 is 2.14 bits per heavy atom. The number of aromatic nitrogens is 2. The lowest BCUT2D eigenvalue weighted by atomic mass is 10.2. The standard InChI is InChI=1S/C28H22N4O3/c1-34-22-15-17-24(18-16-22)35-23-13-11-20(12-14-23)19-29-31-28-30-26-10-6-5-9-25(26)27(33)32(28)21-7-3-2-4-8-21/h2-19H,1H3,(H,30,31)/b29-19+. The Morgan fingerprint density at radius 2 is 1.43 bits per heavy atom. The zero-order valence-corrected chi connectivity index (χ0v) is 19.0. The van der Waals surface area contributed by atoms with Crippen LogP contribution in [0.1, 0.15) is 5.56 Å². The van der Waals surface area contributed by atoms with Gasteiger partial charge in [-0.2, -0.15) is 5.10 Å². The van der Waals surface area contributed by atoms with Crippen molar-refractivity contribution in [3.8, 4) is 22.9 Å². The highest BCUT2D eigenvalue weighted by Crippen LogP contribution is 2.24. The van der Waals surface area contributed by atoms with E-state index in [0.29, 0.717) is 28.3 Å². The zero-order valence-electron chi connectivity index (χ0n) is 19.0. The Kier molecular flexibility index (Phi) is 6.21. The summed E-state index contributed by atoms with van der Waals surface area (Å²) in [4.78, 5) is 17.8. The Labute approximate surface area is 201 Å². The average Bonchev–Trinajstić information content (AvgIpc) is 2.91. The van der Waals surface area contributed by atoms with Gasteiger partial charge in [0.1, 0.15) is 17.2 Å². The van der Waals surface area contributed by atoms with Gasteiger partial charge in [0.2, 0.25) is 5.95 Å². The second kappa shape index (κ2) is 9.93. The van der Waals surface area contributed by atoms with Gasteiger partial charge in [0.15, 0.2) is 0 Å². The summed E-state index contributed by atoms with van der Waals surface area (Å²) in [5.74, 6) is 2.52. The van der Waals surface area contributed by atoms with Crippen LogP contribution in [-0.2, 0) is 0 Å². The summed E-state index contributed by atoms with van der Waals surface area (Å²) in [5.41, 5.74) is 4.93. The summed E-state index contributed by atoms with van der Waals surface area (Å²) in [6.45, 7) is 0. The van der Waals surface area contributed by atoms with Crippen molar-refractivity contribution < 1.29 is 9.47 Å². The highest BCUT2D eigenvalue weighted by Gasteiger charge is 2.12. The number of benzene rings is 4. The van der Waals surface area contributed by atoms with Crippen molar-refractivity contribution in [2.45, 2.75) is 0 Å². The summed E-state index contributed by atoms with van der Waals surface area (Å²) in [6.07, 6.45) is 1.66. The van der Waals surface area contributed by atoms with Gasteiger partial charge in [-0.15, -0.1) is 0 Å². The number of anilines is 1. The van der Waals surface area contributed by atoms with Gasteiger partial charge in [0, 0.05) is 0 Å². The number of methoxy groups -OCH3 is 1. The van der Waals surface area contributed by atoms with E-state index in [1.54, 1.807) is 19.4 Å². The molecule has 0 unspecified atom stereocenters. The van der Waals surface area contributed by atoms with Crippen molar-refractivity contribution in [1.29, 1.82) is 0 Å². The van der Waals surface area contributed by atoms with Crippen molar-refractivity contribution in [2.24, 2.45) is 5.10 Å². The van der Waals surface area contributed by atoms with Crippen LogP contribution in [-0.4, -0.2) is 22.9 Å². The largest absolute Gasteiger partial charge is 0.497 e. The minimum absolute atomic E-state index is 0.167. The predicted molar refractivity (Wildman–Crippen MR) is 138 cm³/mol. The van der Waals surface area contributed by atoms with Crippen LogP contribution in [0.4, 0.5) is 5.95 Å². The molecule has 1 heterocycles. The minimum atomic E-state index is -0.167. The molecule has 0 atom stereocenters. The van der Waals surface area contributed by atoms with E-state index in [4.69, 9.17) is 9.47 Å². The van der Waals surface area contributed by atoms with E-state index in [2.05, 4.69) is 15.5 Å². The SMILES string of the molecule is COc1ccc(Oc2ccc(/C=N/Nc3nc4ccccc4c(=O)n3-c3ccccc3)cc2)cc1. The van der Waals surface area contributed by atoms with Crippen molar-refractivity contribution in [3.63, 3.8) is 0 Å². The fraction of sp³-hybridized carbons (Fsp3) is 0.0357. The number of hydrazone groups is 1. The molecule has 0 saturated heterocycles. The zero-order chi connectivity index (χ0) is 24.0. The molecule has 4 aromatic carbocycles. The molecule has 0 spiro atoms. The Bertz CT molecular complexity index is 1530. The summed E-state index contributed by atoms with van der Waals surface area (Å²) in [7, 11) is 1.63. The van der Waals surface area contributed by atoms with Crippen LogP contribution in [0.15, 0.2) is 113 Å². The number of ether oxygens (including phenoxy) is 2. The smallest absolute Gasteiger partial charge is 0.267 e. The molecule has 5 aromatic rings. The van der Waals surface area contributed by atoms with Gasteiger partial charge in [-0.3, -0.25) is 4.79 Å². The second-order valence-corrected chi connectivity index (χ2v) is 7.65. The van der Waals surface area contributed by atoms with Crippen molar-refractivity contribution in [3.05, 3.63) is 119 Å². The quantitative estimate of drug-likeness (QED) is 0.250. The van der Waals surface area contributed by atoms with Crippen LogP contribution in [0.3, 0.4) is 0 Å². The molecule has 0 fully saturated rings. The van der Waals surface area contributed by atoms with Crippen LogP contribution >= 0.6 is 0 Å². The first kappa shape index (κ1) is 21.9. The fourth-order valence-corrected chi connectivity index (χ4v) is 3.59. The first-order valence-electron chi connectivity index (χ1n) is 11.0.